The van der Waals surface area contributed by atoms with E-state index in [0.717, 1.165) is 19.0 Å². The summed E-state index contributed by atoms with van der Waals surface area (Å²) in [5.41, 5.74) is 5.40. The normalized spacial score (nSPS) is 20.8. The Hall–Kier alpha value is -1.27. The highest BCUT2D eigenvalue weighted by molar-refractivity contribution is 5.37. The maximum atomic E-state index is 13.0. The Morgan fingerprint density at radius 2 is 2.16 bits per heavy atom. The van der Waals surface area contributed by atoms with E-state index < -0.39 is 11.7 Å². The number of nitrogens with zero attached hydrogens (tertiary/aromatic N) is 1. The number of nitrogens with two attached hydrogens (primary N) is 1. The molecule has 1 atom stereocenters. The quantitative estimate of drug-likeness (QED) is 0.918. The lowest BCUT2D eigenvalue weighted by atomic mass is 10.1. The van der Waals surface area contributed by atoms with Gasteiger partial charge in [-0.2, -0.15) is 13.2 Å². The van der Waals surface area contributed by atoms with Crippen molar-refractivity contribution >= 4 is 0 Å². The Balaban J connectivity index is 2.25. The van der Waals surface area contributed by atoms with Crippen LogP contribution in [-0.2, 0) is 12.7 Å². The van der Waals surface area contributed by atoms with Gasteiger partial charge < -0.3 is 10.5 Å². The lowest BCUT2D eigenvalue weighted by Crippen LogP contribution is -2.27. The standard InChI is InChI=1S/C13H17F3N2O/c1-19-11-2-3-12(13(14,15)16)9(6-11)7-18-5-4-10(17)8-18/h2-3,6,10H,4-5,7-8,17H2,1H3. The molecule has 0 bridgehead atoms. The highest BCUT2D eigenvalue weighted by Gasteiger charge is 2.34. The topological polar surface area (TPSA) is 38.5 Å². The first-order valence-electron chi connectivity index (χ1n) is 6.12. The second-order valence-electron chi connectivity index (χ2n) is 4.80. The third-order valence-corrected chi connectivity index (χ3v) is 3.32. The summed E-state index contributed by atoms with van der Waals surface area (Å²) < 4.78 is 43.8. The summed E-state index contributed by atoms with van der Waals surface area (Å²) in [6, 6.07) is 3.92. The van der Waals surface area contributed by atoms with Crippen molar-refractivity contribution in [3.63, 3.8) is 0 Å². The molecule has 106 valence electrons. The molecule has 0 aliphatic carbocycles. The van der Waals surface area contributed by atoms with E-state index in [9.17, 15) is 13.2 Å². The fourth-order valence-electron chi connectivity index (χ4n) is 2.35. The fraction of sp³-hybridized carbons (Fsp3) is 0.538. The fourth-order valence-corrected chi connectivity index (χ4v) is 2.35. The number of likely N-dealkylation sites (tertiary alicyclic amines) is 1. The van der Waals surface area contributed by atoms with Gasteiger partial charge in [-0.15, -0.1) is 0 Å². The SMILES string of the molecule is COc1ccc(C(F)(F)F)c(CN2CCC(N)C2)c1. The van der Waals surface area contributed by atoms with E-state index in [-0.39, 0.29) is 18.2 Å². The summed E-state index contributed by atoms with van der Waals surface area (Å²) in [5.74, 6) is 0.437. The molecule has 1 aromatic rings. The van der Waals surface area contributed by atoms with Crippen molar-refractivity contribution in [3.05, 3.63) is 29.3 Å². The maximum absolute atomic E-state index is 13.0. The molecular weight excluding hydrogens is 257 g/mol. The molecule has 19 heavy (non-hydrogen) atoms. The molecule has 1 fully saturated rings. The van der Waals surface area contributed by atoms with Gasteiger partial charge in [0.25, 0.3) is 0 Å². The molecular formula is C13H17F3N2O. The van der Waals surface area contributed by atoms with E-state index in [0.29, 0.717) is 12.3 Å². The second-order valence-corrected chi connectivity index (χ2v) is 4.80. The zero-order valence-corrected chi connectivity index (χ0v) is 10.7. The number of hydrogen-bond acceptors (Lipinski definition) is 3. The number of hydrogen-bond donors (Lipinski definition) is 1. The van der Waals surface area contributed by atoms with Crippen LogP contribution in [0.2, 0.25) is 0 Å². The molecule has 3 nitrogen and oxygen atoms in total. The average molecular weight is 274 g/mol. The van der Waals surface area contributed by atoms with Crippen LogP contribution >= 0.6 is 0 Å². The van der Waals surface area contributed by atoms with E-state index in [4.69, 9.17) is 10.5 Å². The number of rotatable bonds is 3. The van der Waals surface area contributed by atoms with Crippen LogP contribution in [0.4, 0.5) is 13.2 Å². The van der Waals surface area contributed by atoms with Crippen LogP contribution in [0.5, 0.6) is 5.75 Å². The minimum atomic E-state index is -4.34. The minimum absolute atomic E-state index is 0.0555. The zero-order chi connectivity index (χ0) is 14.0. The van der Waals surface area contributed by atoms with Crippen LogP contribution in [0.15, 0.2) is 18.2 Å². The number of benzene rings is 1. The monoisotopic (exact) mass is 274 g/mol. The summed E-state index contributed by atoms with van der Waals surface area (Å²) >= 11 is 0. The van der Waals surface area contributed by atoms with Gasteiger partial charge in [0.15, 0.2) is 0 Å². The molecule has 2 N–H and O–H groups in total. The van der Waals surface area contributed by atoms with Crippen LogP contribution in [-0.4, -0.2) is 31.1 Å². The van der Waals surface area contributed by atoms with Crippen LogP contribution in [0.25, 0.3) is 0 Å². The lowest BCUT2D eigenvalue weighted by Gasteiger charge is -2.19. The van der Waals surface area contributed by atoms with Crippen molar-refractivity contribution in [3.8, 4) is 5.75 Å². The van der Waals surface area contributed by atoms with Crippen molar-refractivity contribution in [2.75, 3.05) is 20.2 Å². The molecule has 1 unspecified atom stereocenters. The highest BCUT2D eigenvalue weighted by Crippen LogP contribution is 2.34. The first kappa shape index (κ1) is 14.1. The summed E-state index contributed by atoms with van der Waals surface area (Å²) in [7, 11) is 1.44. The van der Waals surface area contributed by atoms with Gasteiger partial charge in [0, 0.05) is 25.7 Å². The predicted molar refractivity (Wildman–Crippen MR) is 65.9 cm³/mol. The van der Waals surface area contributed by atoms with E-state index in [2.05, 4.69) is 0 Å². The third kappa shape index (κ3) is 3.39. The Morgan fingerprint density at radius 1 is 1.42 bits per heavy atom. The molecule has 0 spiro atoms. The molecule has 1 saturated heterocycles. The molecule has 0 radical (unpaired) electrons. The van der Waals surface area contributed by atoms with Crippen LogP contribution in [0.1, 0.15) is 17.5 Å². The zero-order valence-electron chi connectivity index (χ0n) is 10.7. The van der Waals surface area contributed by atoms with Crippen molar-refractivity contribution in [2.45, 2.75) is 25.2 Å². The van der Waals surface area contributed by atoms with Gasteiger partial charge in [0.2, 0.25) is 0 Å². The highest BCUT2D eigenvalue weighted by atomic mass is 19.4. The van der Waals surface area contributed by atoms with Gasteiger partial charge in [-0.3, -0.25) is 4.90 Å². The molecule has 1 aliphatic heterocycles. The summed E-state index contributed by atoms with van der Waals surface area (Å²) in [4.78, 5) is 1.94. The molecule has 1 aliphatic rings. The minimum Gasteiger partial charge on any atom is -0.497 e. The Bertz CT molecular complexity index is 448. The molecule has 2 rings (SSSR count). The first-order chi connectivity index (χ1) is 8.90. The van der Waals surface area contributed by atoms with Crippen LogP contribution in [0.3, 0.4) is 0 Å². The van der Waals surface area contributed by atoms with Crippen molar-refractivity contribution < 1.29 is 17.9 Å². The van der Waals surface area contributed by atoms with Gasteiger partial charge in [-0.1, -0.05) is 0 Å². The summed E-state index contributed by atoms with van der Waals surface area (Å²) in [5, 5.41) is 0. The smallest absolute Gasteiger partial charge is 0.416 e. The molecule has 1 heterocycles. The molecule has 0 saturated carbocycles. The summed E-state index contributed by atoms with van der Waals surface area (Å²) in [6.45, 7) is 1.62. The van der Waals surface area contributed by atoms with Gasteiger partial charge in [0.1, 0.15) is 5.75 Å². The maximum Gasteiger partial charge on any atom is 0.416 e. The van der Waals surface area contributed by atoms with Gasteiger partial charge >= 0.3 is 6.18 Å². The van der Waals surface area contributed by atoms with E-state index >= 15 is 0 Å². The number of ether oxygens (including phenoxy) is 1. The number of methoxy groups -OCH3 is 1. The van der Waals surface area contributed by atoms with Gasteiger partial charge in [0.05, 0.1) is 12.7 Å². The second kappa shape index (κ2) is 5.38. The van der Waals surface area contributed by atoms with Crippen molar-refractivity contribution in [2.24, 2.45) is 5.73 Å². The van der Waals surface area contributed by atoms with Crippen LogP contribution in [0, 0.1) is 0 Å². The van der Waals surface area contributed by atoms with Gasteiger partial charge in [-0.05, 0) is 30.2 Å². The number of halogens is 3. The predicted octanol–water partition coefficient (Wildman–Crippen LogP) is 2.25. The largest absolute Gasteiger partial charge is 0.497 e. The Kier molecular flexibility index (Phi) is 4.01. The van der Waals surface area contributed by atoms with E-state index in [1.54, 1.807) is 0 Å². The third-order valence-electron chi connectivity index (χ3n) is 3.32. The van der Waals surface area contributed by atoms with Crippen molar-refractivity contribution in [1.82, 2.24) is 4.90 Å². The molecule has 6 heteroatoms. The molecule has 0 aromatic heterocycles. The Labute approximate surface area is 110 Å². The van der Waals surface area contributed by atoms with E-state index in [1.165, 1.54) is 19.2 Å². The lowest BCUT2D eigenvalue weighted by molar-refractivity contribution is -0.138. The summed E-state index contributed by atoms with van der Waals surface area (Å²) in [6.07, 6.45) is -3.52. The van der Waals surface area contributed by atoms with Crippen LogP contribution < -0.4 is 10.5 Å². The van der Waals surface area contributed by atoms with E-state index in [1.807, 2.05) is 4.90 Å². The molecule has 0 amide bonds. The first-order valence-corrected chi connectivity index (χ1v) is 6.12. The van der Waals surface area contributed by atoms with Gasteiger partial charge in [-0.25, -0.2) is 0 Å². The average Bonchev–Trinajstić information content (AvgIpc) is 2.73. The molecule has 1 aromatic carbocycles. The van der Waals surface area contributed by atoms with Crippen molar-refractivity contribution in [1.29, 1.82) is 0 Å². The number of alkyl halides is 3. The Morgan fingerprint density at radius 3 is 2.68 bits per heavy atom.